The van der Waals surface area contributed by atoms with Crippen LogP contribution in [-0.2, 0) is 0 Å². The third-order valence-electron chi connectivity index (χ3n) is 16.1. The molecule has 12 rings (SSSR count). The molecule has 8 atom stereocenters. The van der Waals surface area contributed by atoms with Gasteiger partial charge in [-0.3, -0.25) is 0 Å². The number of nitrogens with zero attached hydrogens (tertiary/aromatic N) is 2. The standard InChI is InChI=1S/C60H56N2/c1-33-19-21-35(3)45(27-33)41-23-25-53-49(29-41)51-31-47-37(5)40(8)56-58-48(38(6)39(7)55(57(47)58)59(51)61(53)43-15-11-9-12-16-43)32-52-50-30-42(46-28-34(2)20-22-36(46)4)24-26-54(50)62(60(52)56)44-17-13-10-14-18-44/h9-32,37-40,49-50,53-54H,1-8H3. The van der Waals surface area contributed by atoms with Crippen molar-refractivity contribution in [2.45, 2.75) is 103 Å². The van der Waals surface area contributed by atoms with E-state index in [4.69, 9.17) is 0 Å². The maximum absolute atomic E-state index is 2.72. The number of rotatable bonds is 4. The normalized spacial score (nSPS) is 25.7. The zero-order chi connectivity index (χ0) is 42.3. The maximum Gasteiger partial charge on any atom is 0.0630 e. The van der Waals surface area contributed by atoms with E-state index in [0.717, 1.165) is 0 Å². The van der Waals surface area contributed by atoms with Crippen molar-refractivity contribution in [3.63, 3.8) is 0 Å². The number of allylic oxidation sites excluding steroid dienone is 4. The minimum atomic E-state index is 0.207. The Morgan fingerprint density at radius 1 is 0.419 bits per heavy atom. The van der Waals surface area contributed by atoms with Crippen LogP contribution in [0.2, 0.25) is 0 Å². The third-order valence-corrected chi connectivity index (χ3v) is 16.1. The van der Waals surface area contributed by atoms with E-state index in [1.165, 1.54) is 89.5 Å². The molecule has 0 saturated heterocycles. The third kappa shape index (κ3) is 5.22. The van der Waals surface area contributed by atoms with Crippen molar-refractivity contribution < 1.29 is 0 Å². The minimum absolute atomic E-state index is 0.207. The van der Waals surface area contributed by atoms with Gasteiger partial charge < -0.3 is 9.80 Å². The molecule has 2 heteroatoms. The molecule has 8 unspecified atom stereocenters. The Kier molecular flexibility index (Phi) is 8.31. The largest absolute Gasteiger partial charge is 0.333 e. The van der Waals surface area contributed by atoms with Crippen molar-refractivity contribution in [3.05, 3.63) is 212 Å². The van der Waals surface area contributed by atoms with Crippen molar-refractivity contribution >= 4 is 33.9 Å². The minimum Gasteiger partial charge on any atom is -0.333 e. The smallest absolute Gasteiger partial charge is 0.0630 e. The summed E-state index contributed by atoms with van der Waals surface area (Å²) in [7, 11) is 0. The molecule has 2 nitrogen and oxygen atoms in total. The second-order valence-corrected chi connectivity index (χ2v) is 19.6. The number of hydrogen-bond donors (Lipinski definition) is 0. The number of aryl methyl sites for hydroxylation is 4. The van der Waals surface area contributed by atoms with Gasteiger partial charge in [0.15, 0.2) is 0 Å². The molecule has 0 amide bonds. The van der Waals surface area contributed by atoms with Crippen LogP contribution < -0.4 is 9.80 Å². The summed E-state index contributed by atoms with van der Waals surface area (Å²) in [4.78, 5) is 5.45. The van der Waals surface area contributed by atoms with E-state index in [-0.39, 0.29) is 23.9 Å². The number of benzene rings is 6. The topological polar surface area (TPSA) is 6.48 Å². The Balaban J connectivity index is 1.12. The van der Waals surface area contributed by atoms with Crippen LogP contribution >= 0.6 is 0 Å². The van der Waals surface area contributed by atoms with Crippen LogP contribution in [0.1, 0.15) is 130 Å². The molecule has 0 aromatic heterocycles. The zero-order valence-electron chi connectivity index (χ0n) is 37.4. The highest BCUT2D eigenvalue weighted by Crippen LogP contribution is 2.67. The Hall–Kier alpha value is -6.12. The van der Waals surface area contributed by atoms with E-state index in [9.17, 15) is 0 Å². The monoisotopic (exact) mass is 804 g/mol. The predicted octanol–water partition coefficient (Wildman–Crippen LogP) is 15.5. The first kappa shape index (κ1) is 37.6. The number of anilines is 4. The summed E-state index contributed by atoms with van der Waals surface area (Å²) >= 11 is 0. The summed E-state index contributed by atoms with van der Waals surface area (Å²) < 4.78 is 0. The number of para-hydroxylation sites is 2. The molecule has 6 aromatic carbocycles. The average Bonchev–Trinajstić information content (AvgIpc) is 3.80. The molecule has 2 aliphatic heterocycles. The van der Waals surface area contributed by atoms with Crippen LogP contribution in [-0.4, -0.2) is 12.1 Å². The van der Waals surface area contributed by atoms with Gasteiger partial charge in [0, 0.05) is 34.6 Å². The first-order valence-electron chi connectivity index (χ1n) is 23.1. The van der Waals surface area contributed by atoms with Gasteiger partial charge in [-0.2, -0.15) is 0 Å². The van der Waals surface area contributed by atoms with Gasteiger partial charge in [-0.15, -0.1) is 0 Å². The SMILES string of the molecule is Cc1ccc(C)c(C2=CC3c4cc5c6c(c4N(c4ccccc4)C3C=C2)C(C)C(C)c2cc3c(c(c2-6)C(C)C5C)N(c2ccccc2)C2C=CC(c4cc(C)ccc4C)=CC32)c1. The predicted molar refractivity (Wildman–Crippen MR) is 262 cm³/mol. The molecule has 0 N–H and O–H groups in total. The average molecular weight is 805 g/mol. The molecule has 2 heterocycles. The van der Waals surface area contributed by atoms with E-state index < -0.39 is 0 Å². The second kappa shape index (κ2) is 13.7. The van der Waals surface area contributed by atoms with Gasteiger partial charge in [0.1, 0.15) is 0 Å². The summed E-state index contributed by atoms with van der Waals surface area (Å²) in [5, 5.41) is 0. The van der Waals surface area contributed by atoms with Gasteiger partial charge in [-0.05, 0) is 154 Å². The van der Waals surface area contributed by atoms with Crippen LogP contribution in [0.25, 0.3) is 22.3 Å². The molecule has 0 radical (unpaired) electrons. The van der Waals surface area contributed by atoms with Gasteiger partial charge in [-0.25, -0.2) is 0 Å². The molecular formula is C60H56N2. The number of fused-ring (bicyclic) bond motifs is 8. The van der Waals surface area contributed by atoms with Crippen molar-refractivity contribution in [3.8, 4) is 11.1 Å². The Morgan fingerprint density at radius 3 is 1.23 bits per heavy atom. The van der Waals surface area contributed by atoms with E-state index in [0.29, 0.717) is 23.7 Å². The lowest BCUT2D eigenvalue weighted by molar-refractivity contribution is 0.580. The Morgan fingerprint density at radius 2 is 0.823 bits per heavy atom. The first-order valence-corrected chi connectivity index (χ1v) is 23.1. The van der Waals surface area contributed by atoms with E-state index in [1.54, 1.807) is 22.3 Å². The van der Waals surface area contributed by atoms with Gasteiger partial charge in [0.2, 0.25) is 0 Å². The fourth-order valence-electron chi connectivity index (χ4n) is 12.6. The van der Waals surface area contributed by atoms with Crippen molar-refractivity contribution in [1.82, 2.24) is 0 Å². The molecule has 0 bridgehead atoms. The van der Waals surface area contributed by atoms with E-state index in [2.05, 4.69) is 211 Å². The lowest BCUT2D eigenvalue weighted by Gasteiger charge is -2.44. The molecule has 4 aliphatic carbocycles. The number of hydrogen-bond acceptors (Lipinski definition) is 2. The van der Waals surface area contributed by atoms with Crippen LogP contribution in [0.5, 0.6) is 0 Å². The van der Waals surface area contributed by atoms with Crippen LogP contribution in [0.3, 0.4) is 0 Å². The summed E-state index contributed by atoms with van der Waals surface area (Å²) in [5.74, 6) is 1.88. The molecule has 306 valence electrons. The molecule has 0 fully saturated rings. The second-order valence-electron chi connectivity index (χ2n) is 19.6. The highest BCUT2D eigenvalue weighted by molar-refractivity contribution is 5.98. The van der Waals surface area contributed by atoms with Crippen molar-refractivity contribution in [2.24, 2.45) is 0 Å². The lowest BCUT2D eigenvalue weighted by Crippen LogP contribution is -2.31. The van der Waals surface area contributed by atoms with E-state index >= 15 is 0 Å². The fourth-order valence-corrected chi connectivity index (χ4v) is 12.6. The highest BCUT2D eigenvalue weighted by atomic mass is 15.2. The first-order chi connectivity index (χ1) is 30.1. The van der Waals surface area contributed by atoms with Gasteiger partial charge in [0.25, 0.3) is 0 Å². The molecular weight excluding hydrogens is 749 g/mol. The molecule has 0 spiro atoms. The molecule has 6 aliphatic rings. The van der Waals surface area contributed by atoms with Crippen LogP contribution in [0.4, 0.5) is 22.7 Å². The quantitative estimate of drug-likeness (QED) is 0.175. The maximum atomic E-state index is 2.72. The summed E-state index contributed by atoms with van der Waals surface area (Å²) in [6.07, 6.45) is 15.1. The van der Waals surface area contributed by atoms with Crippen molar-refractivity contribution in [2.75, 3.05) is 9.80 Å². The van der Waals surface area contributed by atoms with Crippen LogP contribution in [0.15, 0.2) is 146 Å². The summed E-state index contributed by atoms with van der Waals surface area (Å²) in [6.45, 7) is 19.1. The molecule has 62 heavy (non-hydrogen) atoms. The molecule has 0 saturated carbocycles. The molecule has 6 aromatic rings. The Bertz CT molecular complexity index is 2790. The fraction of sp³-hybridized carbons (Fsp3) is 0.267. The van der Waals surface area contributed by atoms with Gasteiger partial charge >= 0.3 is 0 Å². The zero-order valence-corrected chi connectivity index (χ0v) is 37.4. The van der Waals surface area contributed by atoms with Gasteiger partial charge in [0.05, 0.1) is 12.1 Å². The Labute approximate surface area is 368 Å². The van der Waals surface area contributed by atoms with E-state index in [1.807, 2.05) is 0 Å². The van der Waals surface area contributed by atoms with Crippen molar-refractivity contribution in [1.29, 1.82) is 0 Å². The summed E-state index contributed by atoms with van der Waals surface area (Å²) in [5.41, 5.74) is 28.4. The van der Waals surface area contributed by atoms with Crippen LogP contribution in [0, 0.1) is 27.7 Å². The lowest BCUT2D eigenvalue weighted by atomic mass is 9.61. The van der Waals surface area contributed by atoms with Gasteiger partial charge in [-0.1, -0.05) is 160 Å². The summed E-state index contributed by atoms with van der Waals surface area (Å²) in [6, 6.07) is 42.1. The highest BCUT2D eigenvalue weighted by Gasteiger charge is 2.50.